The Labute approximate surface area is 126 Å². The van der Waals surface area contributed by atoms with E-state index in [9.17, 15) is 4.79 Å². The van der Waals surface area contributed by atoms with Crippen molar-refractivity contribution in [1.29, 1.82) is 0 Å². The minimum absolute atomic E-state index is 0.192. The summed E-state index contributed by atoms with van der Waals surface area (Å²) in [5, 5.41) is 0. The molecule has 1 atom stereocenters. The predicted molar refractivity (Wildman–Crippen MR) is 85.7 cm³/mol. The summed E-state index contributed by atoms with van der Waals surface area (Å²) in [5.74, 6) is 0.493. The summed E-state index contributed by atoms with van der Waals surface area (Å²) < 4.78 is 0. The number of rotatable bonds is 3. The summed E-state index contributed by atoms with van der Waals surface area (Å²) in [6.07, 6.45) is 0.580. The fraction of sp³-hybridized carbons (Fsp3) is 0.562. The van der Waals surface area contributed by atoms with Crippen LogP contribution < -0.4 is 15.5 Å². The Hall–Kier alpha value is -1.59. The van der Waals surface area contributed by atoms with Crippen molar-refractivity contribution >= 4 is 17.3 Å². The number of benzene rings is 1. The number of anilines is 2. The SMILES string of the molecule is CN1CCN(c2ccc(N3CC(CN)CC3=O)cc2)CC1. The molecule has 2 aliphatic heterocycles. The van der Waals surface area contributed by atoms with Crippen molar-refractivity contribution in [3.8, 4) is 0 Å². The van der Waals surface area contributed by atoms with E-state index in [-0.39, 0.29) is 5.91 Å². The van der Waals surface area contributed by atoms with Crippen molar-refractivity contribution in [2.45, 2.75) is 6.42 Å². The van der Waals surface area contributed by atoms with Crippen molar-refractivity contribution in [2.75, 3.05) is 56.1 Å². The van der Waals surface area contributed by atoms with Gasteiger partial charge < -0.3 is 20.4 Å². The molecule has 2 N–H and O–H groups in total. The quantitative estimate of drug-likeness (QED) is 0.892. The second-order valence-corrected chi connectivity index (χ2v) is 6.12. The second-order valence-electron chi connectivity index (χ2n) is 6.12. The summed E-state index contributed by atoms with van der Waals surface area (Å²) in [6.45, 7) is 5.67. The summed E-state index contributed by atoms with van der Waals surface area (Å²) in [5.41, 5.74) is 7.92. The Bertz CT molecular complexity index is 494. The normalized spacial score (nSPS) is 23.9. The number of nitrogens with two attached hydrogens (primary N) is 1. The predicted octanol–water partition coefficient (Wildman–Crippen LogP) is 0.750. The third-order valence-electron chi connectivity index (χ3n) is 4.57. The standard InChI is InChI=1S/C16H24N4O/c1-18-6-8-19(9-7-18)14-2-4-15(5-3-14)20-12-13(11-17)10-16(20)21/h2-5,13H,6-12,17H2,1H3. The fourth-order valence-corrected chi connectivity index (χ4v) is 3.10. The van der Waals surface area contributed by atoms with E-state index in [1.807, 2.05) is 4.90 Å². The van der Waals surface area contributed by atoms with Crippen LogP contribution in [0.3, 0.4) is 0 Å². The van der Waals surface area contributed by atoms with Gasteiger partial charge in [0.25, 0.3) is 0 Å². The van der Waals surface area contributed by atoms with Crippen molar-refractivity contribution in [3.05, 3.63) is 24.3 Å². The van der Waals surface area contributed by atoms with Gasteiger partial charge in [0.05, 0.1) is 0 Å². The lowest BCUT2D eigenvalue weighted by Crippen LogP contribution is -2.44. The first-order valence-electron chi connectivity index (χ1n) is 7.71. The zero-order valence-corrected chi connectivity index (χ0v) is 12.7. The molecular weight excluding hydrogens is 264 g/mol. The lowest BCUT2D eigenvalue weighted by molar-refractivity contribution is -0.117. The zero-order chi connectivity index (χ0) is 14.8. The molecule has 2 fully saturated rings. The second kappa shape index (κ2) is 6.03. The molecule has 0 bridgehead atoms. The number of hydrogen-bond donors (Lipinski definition) is 1. The highest BCUT2D eigenvalue weighted by Crippen LogP contribution is 2.27. The Morgan fingerprint density at radius 2 is 1.71 bits per heavy atom. The number of hydrogen-bond acceptors (Lipinski definition) is 4. The van der Waals surface area contributed by atoms with Crippen molar-refractivity contribution in [1.82, 2.24) is 4.90 Å². The first-order valence-corrected chi connectivity index (χ1v) is 7.71. The van der Waals surface area contributed by atoms with Gasteiger partial charge in [0.15, 0.2) is 0 Å². The molecule has 21 heavy (non-hydrogen) atoms. The van der Waals surface area contributed by atoms with Crippen LogP contribution in [0, 0.1) is 5.92 Å². The number of nitrogens with zero attached hydrogens (tertiary/aromatic N) is 3. The Morgan fingerprint density at radius 1 is 1.10 bits per heavy atom. The van der Waals surface area contributed by atoms with Gasteiger partial charge >= 0.3 is 0 Å². The van der Waals surface area contributed by atoms with Gasteiger partial charge in [-0.15, -0.1) is 0 Å². The number of carbonyl (C=O) groups is 1. The third-order valence-corrected chi connectivity index (χ3v) is 4.57. The van der Waals surface area contributed by atoms with Gasteiger partial charge in [-0.2, -0.15) is 0 Å². The average molecular weight is 288 g/mol. The van der Waals surface area contributed by atoms with E-state index < -0.39 is 0 Å². The number of carbonyl (C=O) groups excluding carboxylic acids is 1. The summed E-state index contributed by atoms with van der Waals surface area (Å²) in [7, 11) is 2.16. The maximum absolute atomic E-state index is 12.0. The molecule has 2 saturated heterocycles. The maximum atomic E-state index is 12.0. The van der Waals surface area contributed by atoms with Gasteiger partial charge in [0, 0.05) is 50.5 Å². The highest BCUT2D eigenvalue weighted by atomic mass is 16.2. The molecule has 5 nitrogen and oxygen atoms in total. The van der Waals surface area contributed by atoms with E-state index in [0.29, 0.717) is 18.9 Å². The highest BCUT2D eigenvalue weighted by molar-refractivity contribution is 5.95. The highest BCUT2D eigenvalue weighted by Gasteiger charge is 2.29. The maximum Gasteiger partial charge on any atom is 0.227 e. The molecule has 3 rings (SSSR count). The monoisotopic (exact) mass is 288 g/mol. The van der Waals surface area contributed by atoms with Crippen LogP contribution in [0.1, 0.15) is 6.42 Å². The fourth-order valence-electron chi connectivity index (χ4n) is 3.10. The minimum atomic E-state index is 0.192. The molecule has 2 heterocycles. The largest absolute Gasteiger partial charge is 0.369 e. The molecule has 0 aliphatic carbocycles. The number of amides is 1. The third kappa shape index (κ3) is 3.04. The molecule has 1 unspecified atom stereocenters. The van der Waals surface area contributed by atoms with Crippen LogP contribution >= 0.6 is 0 Å². The van der Waals surface area contributed by atoms with Crippen LogP contribution in [-0.4, -0.2) is 57.1 Å². The van der Waals surface area contributed by atoms with Crippen LogP contribution in [0.25, 0.3) is 0 Å². The molecule has 0 radical (unpaired) electrons. The van der Waals surface area contributed by atoms with Crippen LogP contribution in [0.4, 0.5) is 11.4 Å². The topological polar surface area (TPSA) is 52.8 Å². The van der Waals surface area contributed by atoms with Gasteiger partial charge in [0.1, 0.15) is 0 Å². The van der Waals surface area contributed by atoms with Crippen LogP contribution in [0.2, 0.25) is 0 Å². The minimum Gasteiger partial charge on any atom is -0.369 e. The van der Waals surface area contributed by atoms with Gasteiger partial charge in [-0.25, -0.2) is 0 Å². The van der Waals surface area contributed by atoms with Crippen molar-refractivity contribution < 1.29 is 4.79 Å². The molecule has 5 heteroatoms. The van der Waals surface area contributed by atoms with Gasteiger partial charge in [-0.05, 0) is 43.8 Å². The average Bonchev–Trinajstić information content (AvgIpc) is 2.89. The van der Waals surface area contributed by atoms with E-state index in [0.717, 1.165) is 38.4 Å². The zero-order valence-electron chi connectivity index (χ0n) is 12.7. The van der Waals surface area contributed by atoms with Crippen LogP contribution in [-0.2, 0) is 4.79 Å². The Balaban J connectivity index is 1.68. The van der Waals surface area contributed by atoms with E-state index in [1.165, 1.54) is 5.69 Å². The lowest BCUT2D eigenvalue weighted by atomic mass is 10.1. The van der Waals surface area contributed by atoms with E-state index in [2.05, 4.69) is 41.1 Å². The van der Waals surface area contributed by atoms with Gasteiger partial charge in [0.2, 0.25) is 5.91 Å². The number of piperazine rings is 1. The summed E-state index contributed by atoms with van der Waals surface area (Å²) >= 11 is 0. The molecule has 0 aromatic heterocycles. The molecule has 114 valence electrons. The molecule has 2 aliphatic rings. The van der Waals surface area contributed by atoms with E-state index in [1.54, 1.807) is 0 Å². The van der Waals surface area contributed by atoms with Gasteiger partial charge in [-0.1, -0.05) is 0 Å². The molecule has 1 aromatic rings. The summed E-state index contributed by atoms with van der Waals surface area (Å²) in [6, 6.07) is 8.38. The smallest absolute Gasteiger partial charge is 0.227 e. The number of likely N-dealkylation sites (N-methyl/N-ethyl adjacent to an activating group) is 1. The first kappa shape index (κ1) is 14.4. The molecule has 1 aromatic carbocycles. The molecule has 0 spiro atoms. The molecule has 0 saturated carbocycles. The Kier molecular flexibility index (Phi) is 4.12. The van der Waals surface area contributed by atoms with E-state index in [4.69, 9.17) is 5.73 Å². The van der Waals surface area contributed by atoms with Crippen molar-refractivity contribution in [2.24, 2.45) is 11.7 Å². The molecular formula is C16H24N4O. The summed E-state index contributed by atoms with van der Waals surface area (Å²) in [4.78, 5) is 18.6. The Morgan fingerprint density at radius 3 is 2.29 bits per heavy atom. The lowest BCUT2D eigenvalue weighted by Gasteiger charge is -2.34. The first-order chi connectivity index (χ1) is 10.2. The van der Waals surface area contributed by atoms with Crippen LogP contribution in [0.15, 0.2) is 24.3 Å². The van der Waals surface area contributed by atoms with Crippen LogP contribution in [0.5, 0.6) is 0 Å². The van der Waals surface area contributed by atoms with E-state index >= 15 is 0 Å². The molecule has 1 amide bonds. The van der Waals surface area contributed by atoms with Gasteiger partial charge in [-0.3, -0.25) is 4.79 Å². The van der Waals surface area contributed by atoms with Crippen molar-refractivity contribution in [3.63, 3.8) is 0 Å².